The SMILES string of the molecule is Cc1cccc(OCc2snnc2C(=O)O)c1. The molecule has 5 nitrogen and oxygen atoms in total. The summed E-state index contributed by atoms with van der Waals surface area (Å²) in [5.74, 6) is -0.378. The summed E-state index contributed by atoms with van der Waals surface area (Å²) < 4.78 is 9.09. The van der Waals surface area contributed by atoms with Crippen molar-refractivity contribution >= 4 is 17.5 Å². The number of carboxylic acids is 1. The Morgan fingerprint density at radius 3 is 3.06 bits per heavy atom. The van der Waals surface area contributed by atoms with Crippen molar-refractivity contribution in [3.05, 3.63) is 40.4 Å². The zero-order chi connectivity index (χ0) is 12.3. The Morgan fingerprint density at radius 2 is 2.35 bits per heavy atom. The second kappa shape index (κ2) is 4.92. The van der Waals surface area contributed by atoms with Crippen LogP contribution < -0.4 is 4.74 Å². The van der Waals surface area contributed by atoms with Crippen LogP contribution in [0.2, 0.25) is 0 Å². The number of nitrogens with zero attached hydrogens (tertiary/aromatic N) is 2. The molecule has 0 aliphatic carbocycles. The molecule has 0 aliphatic rings. The molecule has 1 aromatic heterocycles. The molecule has 2 rings (SSSR count). The minimum Gasteiger partial charge on any atom is -0.488 e. The number of aromatic nitrogens is 2. The Labute approximate surface area is 102 Å². The third kappa shape index (κ3) is 2.79. The van der Waals surface area contributed by atoms with Crippen LogP contribution in [-0.2, 0) is 6.61 Å². The molecule has 0 fully saturated rings. The molecule has 1 heterocycles. The molecule has 0 aliphatic heterocycles. The van der Waals surface area contributed by atoms with Gasteiger partial charge in [-0.15, -0.1) is 5.10 Å². The topological polar surface area (TPSA) is 72.3 Å². The first-order valence-corrected chi connectivity index (χ1v) is 5.68. The van der Waals surface area contributed by atoms with Crippen LogP contribution in [0.25, 0.3) is 0 Å². The van der Waals surface area contributed by atoms with Gasteiger partial charge in [-0.25, -0.2) is 4.79 Å². The van der Waals surface area contributed by atoms with E-state index in [-0.39, 0.29) is 12.3 Å². The number of benzene rings is 1. The maximum atomic E-state index is 10.8. The maximum absolute atomic E-state index is 10.8. The van der Waals surface area contributed by atoms with Crippen LogP contribution >= 0.6 is 11.5 Å². The predicted molar refractivity (Wildman–Crippen MR) is 62.4 cm³/mol. The molecule has 2 aromatic rings. The van der Waals surface area contributed by atoms with E-state index in [0.717, 1.165) is 17.1 Å². The number of aromatic carboxylic acids is 1. The van der Waals surface area contributed by atoms with Gasteiger partial charge in [-0.2, -0.15) is 0 Å². The van der Waals surface area contributed by atoms with Crippen LogP contribution in [0.15, 0.2) is 24.3 Å². The molecule has 6 heteroatoms. The van der Waals surface area contributed by atoms with Crippen molar-refractivity contribution in [2.45, 2.75) is 13.5 Å². The molecule has 0 atom stereocenters. The van der Waals surface area contributed by atoms with Crippen molar-refractivity contribution in [2.75, 3.05) is 0 Å². The van der Waals surface area contributed by atoms with Crippen molar-refractivity contribution in [1.82, 2.24) is 9.59 Å². The van der Waals surface area contributed by atoms with Gasteiger partial charge < -0.3 is 9.84 Å². The van der Waals surface area contributed by atoms with Gasteiger partial charge in [0.2, 0.25) is 0 Å². The van der Waals surface area contributed by atoms with Crippen LogP contribution in [-0.4, -0.2) is 20.7 Å². The molecule has 0 amide bonds. The highest BCUT2D eigenvalue weighted by atomic mass is 32.1. The quantitative estimate of drug-likeness (QED) is 0.899. The second-order valence-electron chi connectivity index (χ2n) is 3.46. The van der Waals surface area contributed by atoms with Crippen LogP contribution in [0.5, 0.6) is 5.75 Å². The summed E-state index contributed by atoms with van der Waals surface area (Å²) in [6.45, 7) is 2.13. The van der Waals surface area contributed by atoms with Crippen LogP contribution in [0, 0.1) is 6.92 Å². The van der Waals surface area contributed by atoms with E-state index >= 15 is 0 Å². The molecule has 0 spiro atoms. The van der Waals surface area contributed by atoms with Gasteiger partial charge in [0.1, 0.15) is 12.4 Å². The molecule has 0 radical (unpaired) electrons. The van der Waals surface area contributed by atoms with E-state index in [0.29, 0.717) is 10.6 Å². The van der Waals surface area contributed by atoms with E-state index in [1.54, 1.807) is 0 Å². The number of hydrogen-bond acceptors (Lipinski definition) is 5. The molecule has 0 bridgehead atoms. The fourth-order valence-electron chi connectivity index (χ4n) is 1.32. The average molecular weight is 250 g/mol. The lowest BCUT2D eigenvalue weighted by atomic mass is 10.2. The van der Waals surface area contributed by atoms with Gasteiger partial charge in [0, 0.05) is 0 Å². The maximum Gasteiger partial charge on any atom is 0.357 e. The van der Waals surface area contributed by atoms with Gasteiger partial charge in [-0.05, 0) is 36.2 Å². The molecule has 1 aromatic carbocycles. The third-order valence-corrected chi connectivity index (χ3v) is 2.81. The highest BCUT2D eigenvalue weighted by molar-refractivity contribution is 7.05. The van der Waals surface area contributed by atoms with Gasteiger partial charge in [0.25, 0.3) is 0 Å². The van der Waals surface area contributed by atoms with Gasteiger partial charge in [-0.1, -0.05) is 16.6 Å². The lowest BCUT2D eigenvalue weighted by Crippen LogP contribution is -2.03. The first-order valence-electron chi connectivity index (χ1n) is 4.91. The standard InChI is InChI=1S/C11H10N2O3S/c1-7-3-2-4-8(5-7)16-6-9-10(11(14)15)12-13-17-9/h2-5H,6H2,1H3,(H,14,15). The molecule has 17 heavy (non-hydrogen) atoms. The van der Waals surface area contributed by atoms with Gasteiger partial charge >= 0.3 is 5.97 Å². The molecule has 0 saturated heterocycles. The lowest BCUT2D eigenvalue weighted by Gasteiger charge is -2.04. The summed E-state index contributed by atoms with van der Waals surface area (Å²) in [6, 6.07) is 7.55. The summed E-state index contributed by atoms with van der Waals surface area (Å²) in [7, 11) is 0. The Kier molecular flexibility index (Phi) is 3.34. The summed E-state index contributed by atoms with van der Waals surface area (Å²) in [4.78, 5) is 11.3. The van der Waals surface area contributed by atoms with Gasteiger partial charge in [0.15, 0.2) is 5.69 Å². The zero-order valence-electron chi connectivity index (χ0n) is 9.08. The highest BCUT2D eigenvalue weighted by Crippen LogP contribution is 2.17. The summed E-state index contributed by atoms with van der Waals surface area (Å²) >= 11 is 1.03. The Bertz CT molecular complexity index is 539. The van der Waals surface area contributed by atoms with Crippen molar-refractivity contribution in [2.24, 2.45) is 0 Å². The Balaban J connectivity index is 2.07. The molecule has 1 N–H and O–H groups in total. The molecule has 88 valence electrons. The number of aryl methyl sites for hydroxylation is 1. The van der Waals surface area contributed by atoms with Gasteiger partial charge in [0.05, 0.1) is 4.88 Å². The number of hydrogen-bond donors (Lipinski definition) is 1. The molecule has 0 saturated carbocycles. The van der Waals surface area contributed by atoms with E-state index in [2.05, 4.69) is 9.59 Å². The minimum absolute atomic E-state index is 0.0392. The number of carbonyl (C=O) groups is 1. The highest BCUT2D eigenvalue weighted by Gasteiger charge is 2.15. The number of carboxylic acid groups (broad SMARTS) is 1. The fraction of sp³-hybridized carbons (Fsp3) is 0.182. The number of rotatable bonds is 4. The minimum atomic E-state index is -1.08. The molecule has 0 unspecified atom stereocenters. The number of ether oxygens (including phenoxy) is 1. The first kappa shape index (κ1) is 11.5. The van der Waals surface area contributed by atoms with Crippen LogP contribution in [0.3, 0.4) is 0 Å². The largest absolute Gasteiger partial charge is 0.488 e. The lowest BCUT2D eigenvalue weighted by molar-refractivity contribution is 0.0687. The summed E-state index contributed by atoms with van der Waals surface area (Å²) in [6.07, 6.45) is 0. The van der Waals surface area contributed by atoms with Crippen LogP contribution in [0.1, 0.15) is 20.9 Å². The Morgan fingerprint density at radius 1 is 1.53 bits per heavy atom. The van der Waals surface area contributed by atoms with E-state index < -0.39 is 5.97 Å². The summed E-state index contributed by atoms with van der Waals surface area (Å²) in [5, 5.41) is 12.4. The monoisotopic (exact) mass is 250 g/mol. The van der Waals surface area contributed by atoms with Crippen LogP contribution in [0.4, 0.5) is 0 Å². The van der Waals surface area contributed by atoms with E-state index in [1.807, 2.05) is 31.2 Å². The normalized spacial score (nSPS) is 10.2. The predicted octanol–water partition coefficient (Wildman–Crippen LogP) is 2.12. The van der Waals surface area contributed by atoms with Crippen molar-refractivity contribution < 1.29 is 14.6 Å². The second-order valence-corrected chi connectivity index (χ2v) is 4.29. The summed E-state index contributed by atoms with van der Waals surface area (Å²) in [5.41, 5.74) is 1.05. The first-order chi connectivity index (χ1) is 8.16. The van der Waals surface area contributed by atoms with E-state index in [4.69, 9.17) is 9.84 Å². The molecular weight excluding hydrogens is 240 g/mol. The average Bonchev–Trinajstić information content (AvgIpc) is 2.74. The Hall–Kier alpha value is -1.95. The van der Waals surface area contributed by atoms with Gasteiger partial charge in [-0.3, -0.25) is 0 Å². The van der Waals surface area contributed by atoms with Crippen molar-refractivity contribution in [3.8, 4) is 5.75 Å². The van der Waals surface area contributed by atoms with Crippen molar-refractivity contribution in [3.63, 3.8) is 0 Å². The zero-order valence-corrected chi connectivity index (χ0v) is 9.90. The smallest absolute Gasteiger partial charge is 0.357 e. The molecular formula is C11H10N2O3S. The van der Waals surface area contributed by atoms with E-state index in [9.17, 15) is 4.79 Å². The van der Waals surface area contributed by atoms with Crippen molar-refractivity contribution in [1.29, 1.82) is 0 Å². The third-order valence-electron chi connectivity index (χ3n) is 2.12. The fourth-order valence-corrected chi connectivity index (χ4v) is 1.87. The van der Waals surface area contributed by atoms with E-state index in [1.165, 1.54) is 0 Å².